The van der Waals surface area contributed by atoms with E-state index < -0.39 is 0 Å². The van der Waals surface area contributed by atoms with E-state index in [1.807, 2.05) is 0 Å². The molecule has 1 heterocycles. The minimum Gasteiger partial charge on any atom is -0.352 e. The number of rotatable bonds is 2. The average Bonchev–Trinajstić information content (AvgIpc) is 2.88. The van der Waals surface area contributed by atoms with Crippen LogP contribution in [0.4, 0.5) is 5.69 Å². The van der Waals surface area contributed by atoms with Gasteiger partial charge in [0.1, 0.15) is 0 Å². The Labute approximate surface area is 147 Å². The van der Waals surface area contributed by atoms with E-state index in [0.29, 0.717) is 0 Å². The lowest BCUT2D eigenvalue weighted by molar-refractivity contribution is 0.431. The summed E-state index contributed by atoms with van der Waals surface area (Å²) in [6.07, 6.45) is 5.74. The van der Waals surface area contributed by atoms with Gasteiger partial charge in [-0.15, -0.1) is 0 Å². The predicted molar refractivity (Wildman–Crippen MR) is 104 cm³/mol. The Balaban J connectivity index is 1.88. The average molecular weight is 322 g/mol. The maximum atomic E-state index is 2.56. The van der Waals surface area contributed by atoms with Gasteiger partial charge in [0.25, 0.3) is 0 Å². The first-order valence-corrected chi connectivity index (χ1v) is 8.99. The fraction of sp³-hybridized carbons (Fsp3) is 0.455. The predicted octanol–water partition coefficient (Wildman–Crippen LogP) is 5.26. The van der Waals surface area contributed by atoms with E-state index >= 15 is 0 Å². The van der Waals surface area contributed by atoms with E-state index in [1.165, 1.54) is 44.8 Å². The molecule has 0 unspecified atom stereocenters. The third-order valence-corrected chi connectivity index (χ3v) is 5.20. The van der Waals surface area contributed by atoms with Crippen LogP contribution in [0.3, 0.4) is 0 Å². The fourth-order valence-electron chi connectivity index (χ4n) is 4.36. The van der Waals surface area contributed by atoms with Crippen LogP contribution >= 0.6 is 0 Å². The maximum Gasteiger partial charge on any atom is 0.0904 e. The van der Waals surface area contributed by atoms with Crippen molar-refractivity contribution in [1.82, 2.24) is 4.90 Å². The molecule has 1 fully saturated rings. The number of allylic oxidation sites excluding steroid dienone is 5. The molecular formula is C22H30N2. The zero-order valence-corrected chi connectivity index (χ0v) is 16.0. The number of nitrogens with zero attached hydrogens (tertiary/aromatic N) is 2. The second-order valence-electron chi connectivity index (χ2n) is 7.52. The van der Waals surface area contributed by atoms with Gasteiger partial charge in [0.2, 0.25) is 0 Å². The first-order valence-electron chi connectivity index (χ1n) is 8.99. The summed E-state index contributed by atoms with van der Waals surface area (Å²) in [7, 11) is 0. The normalized spacial score (nSPS) is 18.8. The van der Waals surface area contributed by atoms with Crippen molar-refractivity contribution in [3.8, 4) is 0 Å². The molecule has 2 nitrogen and oxygen atoms in total. The minimum atomic E-state index is 0.988. The molecule has 1 aliphatic carbocycles. The van der Waals surface area contributed by atoms with Gasteiger partial charge in [-0.25, -0.2) is 0 Å². The van der Waals surface area contributed by atoms with Crippen molar-refractivity contribution in [3.05, 3.63) is 63.4 Å². The molecule has 0 radical (unpaired) electrons. The van der Waals surface area contributed by atoms with Crippen LogP contribution in [0.15, 0.2) is 46.7 Å². The van der Waals surface area contributed by atoms with E-state index in [-0.39, 0.29) is 0 Å². The highest BCUT2D eigenvalue weighted by Gasteiger charge is 2.26. The van der Waals surface area contributed by atoms with Crippen molar-refractivity contribution in [2.45, 2.75) is 48.0 Å². The topological polar surface area (TPSA) is 6.48 Å². The highest BCUT2D eigenvalue weighted by Crippen LogP contribution is 2.32. The molecule has 0 aromatic heterocycles. The molecule has 3 rings (SSSR count). The number of benzene rings is 1. The molecule has 0 amide bonds. The highest BCUT2D eigenvalue weighted by atomic mass is 15.4. The highest BCUT2D eigenvalue weighted by molar-refractivity contribution is 5.61. The number of aryl methyl sites for hydroxylation is 3. The minimum absolute atomic E-state index is 0.988. The van der Waals surface area contributed by atoms with Crippen molar-refractivity contribution in [2.24, 2.45) is 0 Å². The number of hydrogen-bond acceptors (Lipinski definition) is 2. The lowest BCUT2D eigenvalue weighted by atomic mass is 10.0. The van der Waals surface area contributed by atoms with Gasteiger partial charge >= 0.3 is 0 Å². The van der Waals surface area contributed by atoms with E-state index in [9.17, 15) is 0 Å². The van der Waals surface area contributed by atoms with Crippen molar-refractivity contribution < 1.29 is 0 Å². The smallest absolute Gasteiger partial charge is 0.0904 e. The van der Waals surface area contributed by atoms with Gasteiger partial charge in [0.15, 0.2) is 0 Å². The third-order valence-electron chi connectivity index (χ3n) is 5.20. The van der Waals surface area contributed by atoms with Crippen LogP contribution in [-0.2, 0) is 0 Å². The lowest BCUT2D eigenvalue weighted by Gasteiger charge is -2.27. The van der Waals surface area contributed by atoms with Crippen molar-refractivity contribution in [3.63, 3.8) is 0 Å². The largest absolute Gasteiger partial charge is 0.352 e. The van der Waals surface area contributed by atoms with E-state index in [1.54, 1.807) is 0 Å². The van der Waals surface area contributed by atoms with Crippen molar-refractivity contribution >= 4 is 5.69 Å². The molecule has 0 saturated carbocycles. The first-order chi connectivity index (χ1) is 11.4. The number of anilines is 1. The van der Waals surface area contributed by atoms with E-state index in [0.717, 1.165) is 26.2 Å². The van der Waals surface area contributed by atoms with Crippen LogP contribution in [0.1, 0.15) is 43.9 Å². The fourth-order valence-corrected chi connectivity index (χ4v) is 4.36. The van der Waals surface area contributed by atoms with Crippen molar-refractivity contribution in [1.29, 1.82) is 0 Å². The Morgan fingerprint density at radius 3 is 2.12 bits per heavy atom. The van der Waals surface area contributed by atoms with Crippen molar-refractivity contribution in [2.75, 3.05) is 24.7 Å². The van der Waals surface area contributed by atoms with Gasteiger partial charge in [-0.05, 0) is 70.2 Å². The molecule has 0 spiro atoms. The van der Waals surface area contributed by atoms with Crippen LogP contribution in [0, 0.1) is 20.8 Å². The molecular weight excluding hydrogens is 292 g/mol. The van der Waals surface area contributed by atoms with Gasteiger partial charge in [-0.3, -0.25) is 0 Å². The summed E-state index contributed by atoms with van der Waals surface area (Å²) >= 11 is 0. The summed E-state index contributed by atoms with van der Waals surface area (Å²) in [5.74, 6) is 0. The molecule has 2 aliphatic rings. The summed E-state index contributed by atoms with van der Waals surface area (Å²) in [6, 6.07) is 4.61. The van der Waals surface area contributed by atoms with Crippen LogP contribution in [0.2, 0.25) is 0 Å². The molecule has 0 atom stereocenters. The molecule has 128 valence electrons. The van der Waals surface area contributed by atoms with Gasteiger partial charge in [0, 0.05) is 24.5 Å². The quantitative estimate of drug-likeness (QED) is 0.732. The van der Waals surface area contributed by atoms with Crippen LogP contribution in [0.5, 0.6) is 0 Å². The molecule has 1 aromatic carbocycles. The van der Waals surface area contributed by atoms with Gasteiger partial charge < -0.3 is 9.80 Å². The third kappa shape index (κ3) is 3.15. The molecule has 1 aliphatic heterocycles. The monoisotopic (exact) mass is 322 g/mol. The second kappa shape index (κ2) is 6.51. The van der Waals surface area contributed by atoms with Crippen LogP contribution < -0.4 is 4.90 Å². The summed E-state index contributed by atoms with van der Waals surface area (Å²) < 4.78 is 0. The number of hydrogen-bond donors (Lipinski definition) is 0. The van der Waals surface area contributed by atoms with E-state index in [2.05, 4.69) is 75.6 Å². The SMILES string of the molecule is CC1=CCC(C)=C(N2CCN(c3c(C)cc(C)cc3C)C2)C(C)=C1. The van der Waals surface area contributed by atoms with Gasteiger partial charge in [-0.2, -0.15) is 0 Å². The Morgan fingerprint density at radius 2 is 1.46 bits per heavy atom. The Hall–Kier alpha value is -1.96. The zero-order chi connectivity index (χ0) is 17.4. The molecule has 2 heteroatoms. The molecule has 0 N–H and O–H groups in total. The lowest BCUT2D eigenvalue weighted by Crippen LogP contribution is -2.27. The van der Waals surface area contributed by atoms with Gasteiger partial charge in [0.05, 0.1) is 6.67 Å². The maximum absolute atomic E-state index is 2.56. The zero-order valence-electron chi connectivity index (χ0n) is 16.0. The molecule has 1 aromatic rings. The summed E-state index contributed by atoms with van der Waals surface area (Å²) in [5, 5.41) is 0. The van der Waals surface area contributed by atoms with Crippen LogP contribution in [-0.4, -0.2) is 24.7 Å². The first kappa shape index (κ1) is 16.9. The summed E-state index contributed by atoms with van der Waals surface area (Å²) in [4.78, 5) is 5.11. The van der Waals surface area contributed by atoms with E-state index in [4.69, 9.17) is 0 Å². The Morgan fingerprint density at radius 1 is 0.833 bits per heavy atom. The van der Waals surface area contributed by atoms with Crippen LogP contribution in [0.25, 0.3) is 0 Å². The Bertz CT molecular complexity index is 726. The molecule has 1 saturated heterocycles. The summed E-state index contributed by atoms with van der Waals surface area (Å²) in [5.41, 5.74) is 11.3. The standard InChI is InChI=1S/C22H30N2/c1-15-7-8-17(3)21(18(4)11-15)23-9-10-24(14-23)22-19(5)12-16(2)13-20(22)6/h7,11-13H,8-10,14H2,1-6H3. The Kier molecular flexibility index (Phi) is 4.58. The second-order valence-corrected chi connectivity index (χ2v) is 7.52. The molecule has 0 bridgehead atoms. The van der Waals surface area contributed by atoms with Gasteiger partial charge in [-0.1, -0.05) is 35.4 Å². The molecule has 24 heavy (non-hydrogen) atoms. The summed E-state index contributed by atoms with van der Waals surface area (Å²) in [6.45, 7) is 16.6.